The number of rotatable bonds is 3. The van der Waals surface area contributed by atoms with E-state index in [9.17, 15) is 3.74 Å². The van der Waals surface area contributed by atoms with Crippen molar-refractivity contribution >= 4 is 20.2 Å². The van der Waals surface area contributed by atoms with Gasteiger partial charge >= 0.3 is 76.7 Å². The van der Waals surface area contributed by atoms with Crippen molar-refractivity contribution in [1.82, 2.24) is 0 Å². The zero-order valence-corrected chi connectivity index (χ0v) is 8.32. The van der Waals surface area contributed by atoms with E-state index in [1.165, 1.54) is 0 Å². The molecule has 0 aliphatic rings. The van der Waals surface area contributed by atoms with Crippen molar-refractivity contribution in [3.8, 4) is 0 Å². The molecular formula is C6H7AsN2O4. The zero-order chi connectivity index (χ0) is 9.73. The molecule has 0 amide bonds. The predicted molar refractivity (Wildman–Crippen MR) is 42.9 cm³/mol. The first-order valence-electron chi connectivity index (χ1n) is 3.28. The van der Waals surface area contributed by atoms with E-state index in [1.54, 1.807) is 30.3 Å². The molecule has 0 fully saturated rings. The molecule has 0 unspecified atom stereocenters. The van der Waals surface area contributed by atoms with Crippen molar-refractivity contribution in [2.75, 3.05) is 0 Å². The summed E-state index contributed by atoms with van der Waals surface area (Å²) in [6.45, 7) is 0. The normalized spacial score (nSPS) is 11.8. The fourth-order valence-corrected chi connectivity index (χ4v) is 0.884. The van der Waals surface area contributed by atoms with Crippen LogP contribution in [0.4, 0.5) is 5.69 Å². The monoisotopic (exact) mass is 246 g/mol. The minimum atomic E-state index is -5.13. The molecule has 1 aromatic carbocycles. The third kappa shape index (κ3) is 4.47. The van der Waals surface area contributed by atoms with Gasteiger partial charge in [0.15, 0.2) is 0 Å². The van der Waals surface area contributed by atoms with Crippen LogP contribution in [0.25, 0.3) is 0 Å². The summed E-state index contributed by atoms with van der Waals surface area (Å²) >= 11 is -5.13. The van der Waals surface area contributed by atoms with Crippen LogP contribution in [0.2, 0.25) is 0 Å². The molecule has 2 N–H and O–H groups in total. The molecule has 0 heterocycles. The topological polar surface area (TPSA) is 91.5 Å². The number of hydrogen-bond acceptors (Lipinski definition) is 4. The maximum absolute atomic E-state index is 10.2. The van der Waals surface area contributed by atoms with Crippen molar-refractivity contribution in [3.63, 3.8) is 0 Å². The summed E-state index contributed by atoms with van der Waals surface area (Å²) in [7, 11) is 0. The first kappa shape index (κ1) is 9.98. The summed E-state index contributed by atoms with van der Waals surface area (Å²) in [5.41, 5.74) is 0.464. The Hall–Kier alpha value is -1.10. The molecule has 0 bridgehead atoms. The number of benzene rings is 1. The molecule has 1 rings (SSSR count). The van der Waals surface area contributed by atoms with E-state index < -0.39 is 14.5 Å². The summed E-state index contributed by atoms with van der Waals surface area (Å²) in [6.07, 6.45) is 0. The van der Waals surface area contributed by atoms with Crippen LogP contribution in [-0.2, 0) is 7.57 Å². The number of nitrogens with zero attached hydrogens (tertiary/aromatic N) is 2. The Kier molecular flexibility index (Phi) is 3.24. The van der Waals surface area contributed by atoms with Gasteiger partial charge in [-0.2, -0.15) is 0 Å². The van der Waals surface area contributed by atoms with E-state index in [2.05, 4.69) is 14.2 Å². The first-order valence-corrected chi connectivity index (χ1v) is 6.49. The van der Waals surface area contributed by atoms with Gasteiger partial charge in [0.25, 0.3) is 0 Å². The van der Waals surface area contributed by atoms with Crippen LogP contribution in [0, 0.1) is 0 Å². The molecule has 0 aliphatic heterocycles. The van der Waals surface area contributed by atoms with Gasteiger partial charge in [0, 0.05) is 0 Å². The summed E-state index contributed by atoms with van der Waals surface area (Å²) in [5, 5.41) is 6.32. The van der Waals surface area contributed by atoms with E-state index in [0.717, 1.165) is 0 Å². The summed E-state index contributed by atoms with van der Waals surface area (Å²) in [4.78, 5) is 0. The molecule has 13 heavy (non-hydrogen) atoms. The van der Waals surface area contributed by atoms with Gasteiger partial charge in [0.1, 0.15) is 0 Å². The Morgan fingerprint density at radius 2 is 1.85 bits per heavy atom. The van der Waals surface area contributed by atoms with Gasteiger partial charge in [0.2, 0.25) is 0 Å². The quantitative estimate of drug-likeness (QED) is 0.463. The van der Waals surface area contributed by atoms with E-state index in [4.69, 9.17) is 8.19 Å². The molecule has 0 radical (unpaired) electrons. The maximum atomic E-state index is 10.2. The van der Waals surface area contributed by atoms with E-state index in [-0.39, 0.29) is 0 Å². The molecule has 0 saturated heterocycles. The summed E-state index contributed by atoms with van der Waals surface area (Å²) in [5.74, 6) is 0. The van der Waals surface area contributed by atoms with Gasteiger partial charge in [-0.05, 0) is 0 Å². The molecular weight excluding hydrogens is 239 g/mol. The SMILES string of the molecule is O=[As](O)(O)ON=Nc1ccccc1. The van der Waals surface area contributed by atoms with Crippen LogP contribution in [0.1, 0.15) is 0 Å². The molecule has 0 saturated carbocycles. The summed E-state index contributed by atoms with van der Waals surface area (Å²) in [6, 6.07) is 8.47. The van der Waals surface area contributed by atoms with Crippen molar-refractivity contribution in [1.29, 1.82) is 0 Å². The standard InChI is InChI=1S/C6H7AsN2O4/c10-7(11,12)13-9-8-6-4-2-1-3-5-6/h1-5H,(H2,10,11,12). The Bertz CT molecular complexity index is 334. The average Bonchev–Trinajstić information content (AvgIpc) is 2.04. The minimum absolute atomic E-state index is 0.464. The molecule has 0 spiro atoms. The van der Waals surface area contributed by atoms with Crippen molar-refractivity contribution in [2.45, 2.75) is 0 Å². The van der Waals surface area contributed by atoms with Gasteiger partial charge in [-0.15, -0.1) is 0 Å². The molecule has 1 aromatic rings. The van der Waals surface area contributed by atoms with Crippen LogP contribution in [0.15, 0.2) is 40.7 Å². The van der Waals surface area contributed by atoms with Gasteiger partial charge in [-0.3, -0.25) is 0 Å². The van der Waals surface area contributed by atoms with Gasteiger partial charge < -0.3 is 0 Å². The molecule has 6 nitrogen and oxygen atoms in total. The third-order valence-electron chi connectivity index (χ3n) is 1.06. The van der Waals surface area contributed by atoms with Crippen LogP contribution in [0.3, 0.4) is 0 Å². The third-order valence-corrected chi connectivity index (χ3v) is 1.65. The first-order chi connectivity index (χ1) is 6.08. The predicted octanol–water partition coefficient (Wildman–Crippen LogP) is 0.553. The Morgan fingerprint density at radius 1 is 1.23 bits per heavy atom. The molecule has 0 aromatic heterocycles. The summed E-state index contributed by atoms with van der Waals surface area (Å²) < 4.78 is 30.6. The van der Waals surface area contributed by atoms with Crippen molar-refractivity contribution in [3.05, 3.63) is 30.3 Å². The molecule has 0 aliphatic carbocycles. The van der Waals surface area contributed by atoms with E-state index >= 15 is 0 Å². The van der Waals surface area contributed by atoms with Crippen LogP contribution in [0.5, 0.6) is 0 Å². The van der Waals surface area contributed by atoms with Crippen LogP contribution in [-0.4, -0.2) is 22.7 Å². The second-order valence-corrected chi connectivity index (χ2v) is 4.49. The molecule has 70 valence electrons. The Labute approximate surface area is 77.2 Å². The second-order valence-electron chi connectivity index (χ2n) is 2.09. The second kappa shape index (κ2) is 4.22. The van der Waals surface area contributed by atoms with Gasteiger partial charge in [-0.1, -0.05) is 0 Å². The van der Waals surface area contributed by atoms with Crippen LogP contribution < -0.4 is 0 Å². The fourth-order valence-electron chi connectivity index (χ4n) is 0.608. The van der Waals surface area contributed by atoms with Gasteiger partial charge in [-0.25, -0.2) is 0 Å². The number of hydrogen-bond donors (Lipinski definition) is 2. The van der Waals surface area contributed by atoms with Crippen LogP contribution >= 0.6 is 0 Å². The zero-order valence-electron chi connectivity index (χ0n) is 6.44. The van der Waals surface area contributed by atoms with Crippen molar-refractivity contribution < 1.29 is 15.8 Å². The molecule has 7 heteroatoms. The van der Waals surface area contributed by atoms with E-state index in [0.29, 0.717) is 5.69 Å². The van der Waals surface area contributed by atoms with Crippen molar-refractivity contribution in [2.24, 2.45) is 10.4 Å². The fraction of sp³-hybridized carbons (Fsp3) is 0. The Morgan fingerprint density at radius 3 is 2.38 bits per heavy atom. The Balaban J connectivity index is 2.56. The van der Waals surface area contributed by atoms with E-state index in [1.807, 2.05) is 0 Å². The van der Waals surface area contributed by atoms with Gasteiger partial charge in [0.05, 0.1) is 0 Å². The molecule has 0 atom stereocenters. The average molecular weight is 246 g/mol.